The molecule has 0 aliphatic carbocycles. The first-order valence-electron chi connectivity index (χ1n) is 10.0. The topological polar surface area (TPSA) is 66.5 Å². The number of halogens is 1. The molecule has 2 aromatic rings. The summed E-state index contributed by atoms with van der Waals surface area (Å²) in [4.78, 5) is 11.4. The van der Waals surface area contributed by atoms with Crippen molar-refractivity contribution < 1.29 is 0 Å². The summed E-state index contributed by atoms with van der Waals surface area (Å²) in [7, 11) is 0. The van der Waals surface area contributed by atoms with Crippen LogP contribution in [0.25, 0.3) is 0 Å². The number of pyridine rings is 1. The van der Waals surface area contributed by atoms with Crippen molar-refractivity contribution in [2.75, 3.05) is 19.6 Å². The van der Waals surface area contributed by atoms with E-state index in [4.69, 9.17) is 5.73 Å². The highest BCUT2D eigenvalue weighted by Gasteiger charge is 2.11. The van der Waals surface area contributed by atoms with E-state index >= 15 is 0 Å². The van der Waals surface area contributed by atoms with Gasteiger partial charge in [-0.1, -0.05) is 43.2 Å². The van der Waals surface area contributed by atoms with E-state index in [1.165, 1.54) is 49.9 Å². The quantitative estimate of drug-likeness (QED) is 0.351. The molecule has 0 amide bonds. The molecule has 152 valence electrons. The summed E-state index contributed by atoms with van der Waals surface area (Å²) in [6.07, 6.45) is 8.00. The standard InChI is InChI=1S/C22H31N5.HI/c23-22(25-14-12-21-11-5-6-13-24-21)26-17-19-9-3-4-10-20(19)18-27-15-7-1-2-8-16-27;/h3-6,9-11,13H,1-2,7-8,12,14-18H2,(H3,23,25,26);1H. The molecule has 28 heavy (non-hydrogen) atoms. The first-order chi connectivity index (χ1) is 13.3. The molecule has 1 aliphatic rings. The lowest BCUT2D eigenvalue weighted by Crippen LogP contribution is -2.33. The molecule has 3 rings (SSSR count). The molecule has 1 fully saturated rings. The van der Waals surface area contributed by atoms with Gasteiger partial charge in [-0.15, -0.1) is 24.0 Å². The largest absolute Gasteiger partial charge is 0.370 e. The highest BCUT2D eigenvalue weighted by molar-refractivity contribution is 14.0. The minimum Gasteiger partial charge on any atom is -0.370 e. The normalized spacial score (nSPS) is 15.5. The number of nitrogens with two attached hydrogens (primary N) is 1. The molecule has 1 aromatic heterocycles. The van der Waals surface area contributed by atoms with Gasteiger partial charge in [0.2, 0.25) is 0 Å². The van der Waals surface area contributed by atoms with Crippen LogP contribution in [0, 0.1) is 0 Å². The number of guanidine groups is 1. The maximum atomic E-state index is 6.05. The van der Waals surface area contributed by atoms with Gasteiger partial charge >= 0.3 is 0 Å². The summed E-state index contributed by atoms with van der Waals surface area (Å²) in [5.41, 5.74) is 9.73. The number of likely N-dealkylation sites (tertiary alicyclic amines) is 1. The smallest absolute Gasteiger partial charge is 0.188 e. The SMILES string of the molecule is I.NC(=NCc1ccccc1CN1CCCCCC1)NCCc1ccccn1. The fourth-order valence-corrected chi connectivity index (χ4v) is 3.49. The van der Waals surface area contributed by atoms with Gasteiger partial charge in [0.05, 0.1) is 6.54 Å². The molecule has 5 nitrogen and oxygen atoms in total. The summed E-state index contributed by atoms with van der Waals surface area (Å²) in [6, 6.07) is 14.5. The van der Waals surface area contributed by atoms with Gasteiger partial charge in [0.1, 0.15) is 0 Å². The Hall–Kier alpha value is -1.67. The lowest BCUT2D eigenvalue weighted by molar-refractivity contribution is 0.276. The van der Waals surface area contributed by atoms with E-state index in [0.717, 1.165) is 25.2 Å². The molecular weight excluding hydrogens is 461 g/mol. The van der Waals surface area contributed by atoms with Crippen molar-refractivity contribution in [1.82, 2.24) is 15.2 Å². The van der Waals surface area contributed by atoms with Gasteiger partial charge in [-0.3, -0.25) is 9.88 Å². The highest BCUT2D eigenvalue weighted by atomic mass is 127. The van der Waals surface area contributed by atoms with E-state index in [9.17, 15) is 0 Å². The van der Waals surface area contributed by atoms with Crippen LogP contribution in [-0.4, -0.2) is 35.5 Å². The van der Waals surface area contributed by atoms with Crippen molar-refractivity contribution in [2.45, 2.75) is 45.2 Å². The second kappa shape index (κ2) is 12.7. The van der Waals surface area contributed by atoms with Gasteiger partial charge < -0.3 is 11.1 Å². The molecule has 2 heterocycles. The van der Waals surface area contributed by atoms with E-state index < -0.39 is 0 Å². The maximum Gasteiger partial charge on any atom is 0.188 e. The van der Waals surface area contributed by atoms with Crippen LogP contribution < -0.4 is 11.1 Å². The van der Waals surface area contributed by atoms with Crippen molar-refractivity contribution in [3.05, 3.63) is 65.5 Å². The van der Waals surface area contributed by atoms with Crippen LogP contribution in [-0.2, 0) is 19.5 Å². The number of hydrogen-bond donors (Lipinski definition) is 2. The molecule has 6 heteroatoms. The van der Waals surface area contributed by atoms with Gasteiger partial charge in [0.15, 0.2) is 5.96 Å². The Kier molecular flexibility index (Phi) is 10.3. The second-order valence-corrected chi connectivity index (χ2v) is 7.16. The van der Waals surface area contributed by atoms with Crippen LogP contribution in [0.2, 0.25) is 0 Å². The van der Waals surface area contributed by atoms with E-state index in [1.807, 2.05) is 24.4 Å². The van der Waals surface area contributed by atoms with Crippen LogP contribution >= 0.6 is 24.0 Å². The molecule has 3 N–H and O–H groups in total. The molecule has 0 saturated carbocycles. The Balaban J connectivity index is 0.00000280. The Morgan fingerprint density at radius 2 is 1.71 bits per heavy atom. The second-order valence-electron chi connectivity index (χ2n) is 7.16. The lowest BCUT2D eigenvalue weighted by atomic mass is 10.1. The van der Waals surface area contributed by atoms with Crippen molar-refractivity contribution in [3.63, 3.8) is 0 Å². The Bertz CT molecular complexity index is 712. The number of benzene rings is 1. The van der Waals surface area contributed by atoms with Crippen molar-refractivity contribution >= 4 is 29.9 Å². The van der Waals surface area contributed by atoms with Crippen molar-refractivity contribution in [1.29, 1.82) is 0 Å². The number of nitrogens with one attached hydrogen (secondary N) is 1. The fraction of sp³-hybridized carbons (Fsp3) is 0.455. The molecular formula is C22H32IN5. The molecule has 1 aromatic carbocycles. The summed E-state index contributed by atoms with van der Waals surface area (Å²) >= 11 is 0. The van der Waals surface area contributed by atoms with Crippen LogP contribution in [0.5, 0.6) is 0 Å². The zero-order valence-corrected chi connectivity index (χ0v) is 18.8. The average Bonchev–Trinajstić information content (AvgIpc) is 2.97. The fourth-order valence-electron chi connectivity index (χ4n) is 3.49. The highest BCUT2D eigenvalue weighted by Crippen LogP contribution is 2.16. The summed E-state index contributed by atoms with van der Waals surface area (Å²) in [5, 5.41) is 3.19. The molecule has 0 spiro atoms. The summed E-state index contributed by atoms with van der Waals surface area (Å²) in [5.74, 6) is 0.496. The third-order valence-corrected chi connectivity index (χ3v) is 5.04. The van der Waals surface area contributed by atoms with Crippen molar-refractivity contribution in [2.24, 2.45) is 10.7 Å². The molecule has 0 unspecified atom stereocenters. The summed E-state index contributed by atoms with van der Waals surface area (Å²) < 4.78 is 0. The number of nitrogens with zero attached hydrogens (tertiary/aromatic N) is 3. The number of aromatic nitrogens is 1. The lowest BCUT2D eigenvalue weighted by Gasteiger charge is -2.21. The average molecular weight is 493 g/mol. The molecule has 0 radical (unpaired) electrons. The third kappa shape index (κ3) is 7.75. The Labute approximate surface area is 185 Å². The van der Waals surface area contributed by atoms with Crippen LogP contribution in [0.3, 0.4) is 0 Å². The molecule has 0 bridgehead atoms. The van der Waals surface area contributed by atoms with Crippen LogP contribution in [0.15, 0.2) is 53.7 Å². The van der Waals surface area contributed by atoms with E-state index in [1.54, 1.807) is 0 Å². The zero-order chi connectivity index (χ0) is 18.7. The van der Waals surface area contributed by atoms with Gasteiger partial charge in [0.25, 0.3) is 0 Å². The third-order valence-electron chi connectivity index (χ3n) is 5.04. The minimum absolute atomic E-state index is 0. The van der Waals surface area contributed by atoms with E-state index in [0.29, 0.717) is 12.5 Å². The number of rotatable bonds is 7. The van der Waals surface area contributed by atoms with Gasteiger partial charge in [0, 0.05) is 31.4 Å². The first-order valence-corrected chi connectivity index (χ1v) is 10.0. The maximum absolute atomic E-state index is 6.05. The van der Waals surface area contributed by atoms with E-state index in [2.05, 4.69) is 44.5 Å². The predicted octanol–water partition coefficient (Wildman–Crippen LogP) is 3.72. The van der Waals surface area contributed by atoms with Crippen LogP contribution in [0.1, 0.15) is 42.5 Å². The molecule has 0 atom stereocenters. The van der Waals surface area contributed by atoms with Gasteiger partial charge in [-0.05, 0) is 49.2 Å². The number of hydrogen-bond acceptors (Lipinski definition) is 3. The minimum atomic E-state index is 0. The first kappa shape index (κ1) is 22.6. The number of aliphatic imine (C=N–C) groups is 1. The van der Waals surface area contributed by atoms with Gasteiger partial charge in [-0.2, -0.15) is 0 Å². The summed E-state index contributed by atoms with van der Waals surface area (Å²) in [6.45, 7) is 4.77. The van der Waals surface area contributed by atoms with Crippen LogP contribution in [0.4, 0.5) is 0 Å². The monoisotopic (exact) mass is 493 g/mol. The van der Waals surface area contributed by atoms with Crippen molar-refractivity contribution in [3.8, 4) is 0 Å². The Morgan fingerprint density at radius 1 is 1.00 bits per heavy atom. The zero-order valence-electron chi connectivity index (χ0n) is 16.5. The van der Waals surface area contributed by atoms with Gasteiger partial charge in [-0.25, -0.2) is 4.99 Å². The van der Waals surface area contributed by atoms with E-state index in [-0.39, 0.29) is 24.0 Å². The molecule has 1 saturated heterocycles. The molecule has 1 aliphatic heterocycles. The Morgan fingerprint density at radius 3 is 2.43 bits per heavy atom. The predicted molar refractivity (Wildman–Crippen MR) is 127 cm³/mol.